The van der Waals surface area contributed by atoms with Crippen LogP contribution >= 0.6 is 0 Å². The molecule has 6 nitrogen and oxygen atoms in total. The van der Waals surface area contributed by atoms with Crippen LogP contribution in [0.3, 0.4) is 0 Å². The zero-order valence-electron chi connectivity index (χ0n) is 17.5. The second kappa shape index (κ2) is 9.16. The molecule has 1 atom stereocenters. The lowest BCUT2D eigenvalue weighted by molar-refractivity contribution is -0.132. The van der Waals surface area contributed by atoms with E-state index in [1.165, 1.54) is 12.8 Å². The molecule has 0 spiro atoms. The van der Waals surface area contributed by atoms with Crippen molar-refractivity contribution in [1.29, 1.82) is 0 Å². The van der Waals surface area contributed by atoms with E-state index in [-0.39, 0.29) is 11.9 Å². The number of likely N-dealkylation sites (tertiary alicyclic amines) is 1. The highest BCUT2D eigenvalue weighted by Gasteiger charge is 2.38. The van der Waals surface area contributed by atoms with E-state index in [9.17, 15) is 9.59 Å². The summed E-state index contributed by atoms with van der Waals surface area (Å²) in [6, 6.07) is 7.92. The smallest absolute Gasteiger partial charge is 0.240 e. The molecule has 0 N–H and O–H groups in total. The van der Waals surface area contributed by atoms with Crippen molar-refractivity contribution in [2.24, 2.45) is 5.92 Å². The standard InChI is InChI=1S/C23H33N3O3/c1-29-21-6-3-2-5-19(21)9-10-22(27)25-13-4-12-24(15-16-25)20-11-14-26(23(20)28)17-18-7-8-18/h2-3,5-6,18,20H,4,7-17H2,1H3. The van der Waals surface area contributed by atoms with Crippen LogP contribution < -0.4 is 4.74 Å². The fourth-order valence-electron chi connectivity index (χ4n) is 4.66. The minimum atomic E-state index is 0.0254. The summed E-state index contributed by atoms with van der Waals surface area (Å²) in [5, 5.41) is 0. The maximum absolute atomic E-state index is 12.8. The second-order valence-electron chi connectivity index (χ2n) is 8.61. The predicted molar refractivity (Wildman–Crippen MR) is 112 cm³/mol. The van der Waals surface area contributed by atoms with Crippen molar-refractivity contribution >= 4 is 11.8 Å². The lowest BCUT2D eigenvalue weighted by Crippen LogP contribution is -2.44. The van der Waals surface area contributed by atoms with Crippen LogP contribution in [0.1, 0.15) is 37.7 Å². The molecule has 0 aromatic heterocycles. The van der Waals surface area contributed by atoms with Gasteiger partial charge in [0.25, 0.3) is 0 Å². The van der Waals surface area contributed by atoms with Crippen molar-refractivity contribution in [1.82, 2.24) is 14.7 Å². The normalized spacial score (nSPS) is 23.3. The van der Waals surface area contributed by atoms with Crippen LogP contribution in [-0.4, -0.2) is 78.9 Å². The van der Waals surface area contributed by atoms with E-state index in [0.29, 0.717) is 18.7 Å². The third-order valence-electron chi connectivity index (χ3n) is 6.57. The number of nitrogens with zero attached hydrogens (tertiary/aromatic N) is 3. The van der Waals surface area contributed by atoms with Gasteiger partial charge < -0.3 is 14.5 Å². The van der Waals surface area contributed by atoms with Crippen LogP contribution in [0.2, 0.25) is 0 Å². The Morgan fingerprint density at radius 2 is 1.90 bits per heavy atom. The lowest BCUT2D eigenvalue weighted by atomic mass is 10.1. The molecular weight excluding hydrogens is 366 g/mol. The quantitative estimate of drug-likeness (QED) is 0.705. The van der Waals surface area contributed by atoms with Gasteiger partial charge in [-0.2, -0.15) is 0 Å². The molecule has 3 aliphatic rings. The number of hydrogen-bond acceptors (Lipinski definition) is 4. The third kappa shape index (κ3) is 4.92. The summed E-state index contributed by atoms with van der Waals surface area (Å²) in [5.74, 6) is 2.11. The Hall–Kier alpha value is -2.08. The molecule has 1 saturated carbocycles. The monoisotopic (exact) mass is 399 g/mol. The van der Waals surface area contributed by atoms with E-state index in [4.69, 9.17) is 4.74 Å². The van der Waals surface area contributed by atoms with E-state index in [2.05, 4.69) is 9.80 Å². The first-order valence-corrected chi connectivity index (χ1v) is 11.1. The highest BCUT2D eigenvalue weighted by Crippen LogP contribution is 2.31. The Morgan fingerprint density at radius 3 is 2.69 bits per heavy atom. The molecule has 4 rings (SSSR count). The first-order valence-electron chi connectivity index (χ1n) is 11.1. The van der Waals surface area contributed by atoms with Gasteiger partial charge in [0.1, 0.15) is 5.75 Å². The second-order valence-corrected chi connectivity index (χ2v) is 8.61. The molecule has 158 valence electrons. The summed E-state index contributed by atoms with van der Waals surface area (Å²) in [6.07, 6.45) is 5.63. The molecule has 1 aliphatic carbocycles. The number of carbonyl (C=O) groups excluding carboxylic acids is 2. The van der Waals surface area contributed by atoms with E-state index in [1.807, 2.05) is 29.2 Å². The SMILES string of the molecule is COc1ccccc1CCC(=O)N1CCCN(C2CCN(CC3CC3)C2=O)CC1. The largest absolute Gasteiger partial charge is 0.496 e. The van der Waals surface area contributed by atoms with Crippen LogP contribution in [0.25, 0.3) is 0 Å². The first-order chi connectivity index (χ1) is 14.2. The van der Waals surface area contributed by atoms with Crippen molar-refractivity contribution in [3.63, 3.8) is 0 Å². The summed E-state index contributed by atoms with van der Waals surface area (Å²) in [4.78, 5) is 32.0. The Kier molecular flexibility index (Phi) is 6.38. The minimum Gasteiger partial charge on any atom is -0.496 e. The summed E-state index contributed by atoms with van der Waals surface area (Å²) in [6.45, 7) is 5.07. The van der Waals surface area contributed by atoms with Gasteiger partial charge in [-0.1, -0.05) is 18.2 Å². The number of hydrogen-bond donors (Lipinski definition) is 0. The number of amides is 2. The molecule has 3 fully saturated rings. The zero-order valence-corrected chi connectivity index (χ0v) is 17.5. The average molecular weight is 400 g/mol. The van der Waals surface area contributed by atoms with E-state index in [1.54, 1.807) is 7.11 Å². The van der Waals surface area contributed by atoms with Crippen molar-refractivity contribution < 1.29 is 14.3 Å². The summed E-state index contributed by atoms with van der Waals surface area (Å²) in [5.41, 5.74) is 1.08. The van der Waals surface area contributed by atoms with Crippen LogP contribution in [-0.2, 0) is 16.0 Å². The highest BCUT2D eigenvalue weighted by molar-refractivity contribution is 5.84. The Bertz CT molecular complexity index is 734. The van der Waals surface area contributed by atoms with Gasteiger partial charge in [-0.15, -0.1) is 0 Å². The van der Waals surface area contributed by atoms with Gasteiger partial charge in [-0.25, -0.2) is 0 Å². The van der Waals surface area contributed by atoms with Crippen LogP contribution in [0, 0.1) is 5.92 Å². The molecule has 2 aliphatic heterocycles. The Balaban J connectivity index is 1.27. The van der Waals surface area contributed by atoms with Crippen LogP contribution in [0.15, 0.2) is 24.3 Å². The van der Waals surface area contributed by atoms with Gasteiger partial charge in [0.15, 0.2) is 0 Å². The Morgan fingerprint density at radius 1 is 1.07 bits per heavy atom. The summed E-state index contributed by atoms with van der Waals surface area (Å²) < 4.78 is 5.39. The number of carbonyl (C=O) groups is 2. The van der Waals surface area contributed by atoms with Crippen LogP contribution in [0.4, 0.5) is 0 Å². The number of ether oxygens (including phenoxy) is 1. The Labute approximate surface area is 173 Å². The molecule has 2 heterocycles. The third-order valence-corrected chi connectivity index (χ3v) is 6.57. The summed E-state index contributed by atoms with van der Waals surface area (Å²) in [7, 11) is 1.67. The number of methoxy groups -OCH3 is 1. The maximum atomic E-state index is 12.8. The van der Waals surface area contributed by atoms with Crippen molar-refractivity contribution in [2.75, 3.05) is 46.4 Å². The average Bonchev–Trinajstić information content (AvgIpc) is 3.53. The molecule has 1 aromatic rings. The van der Waals surface area contributed by atoms with Gasteiger partial charge in [0.05, 0.1) is 13.2 Å². The highest BCUT2D eigenvalue weighted by atomic mass is 16.5. The van der Waals surface area contributed by atoms with Crippen molar-refractivity contribution in [2.45, 2.75) is 44.6 Å². The van der Waals surface area contributed by atoms with E-state index >= 15 is 0 Å². The van der Waals surface area contributed by atoms with Crippen molar-refractivity contribution in [3.05, 3.63) is 29.8 Å². The summed E-state index contributed by atoms with van der Waals surface area (Å²) >= 11 is 0. The maximum Gasteiger partial charge on any atom is 0.240 e. The molecular formula is C23H33N3O3. The molecule has 2 saturated heterocycles. The molecule has 0 bridgehead atoms. The predicted octanol–water partition coefficient (Wildman–Crippen LogP) is 2.17. The van der Waals surface area contributed by atoms with Crippen molar-refractivity contribution in [3.8, 4) is 5.75 Å². The first kappa shape index (κ1) is 20.2. The van der Waals surface area contributed by atoms with Gasteiger partial charge in [0.2, 0.25) is 11.8 Å². The van der Waals surface area contributed by atoms with Gasteiger partial charge in [0, 0.05) is 45.7 Å². The fourth-order valence-corrected chi connectivity index (χ4v) is 4.66. The molecule has 6 heteroatoms. The van der Waals surface area contributed by atoms with Crippen LogP contribution in [0.5, 0.6) is 5.75 Å². The zero-order chi connectivity index (χ0) is 20.2. The fraction of sp³-hybridized carbons (Fsp3) is 0.652. The lowest BCUT2D eigenvalue weighted by Gasteiger charge is -2.26. The van der Waals surface area contributed by atoms with E-state index < -0.39 is 0 Å². The molecule has 29 heavy (non-hydrogen) atoms. The number of benzene rings is 1. The van der Waals surface area contributed by atoms with E-state index in [0.717, 1.165) is 69.3 Å². The molecule has 2 amide bonds. The number of rotatable bonds is 7. The number of para-hydroxylation sites is 1. The molecule has 0 radical (unpaired) electrons. The topological polar surface area (TPSA) is 53.1 Å². The van der Waals surface area contributed by atoms with Gasteiger partial charge in [-0.05, 0) is 49.7 Å². The molecule has 1 unspecified atom stereocenters. The molecule has 1 aromatic carbocycles. The number of aryl methyl sites for hydroxylation is 1. The minimum absolute atomic E-state index is 0.0254. The van der Waals surface area contributed by atoms with Gasteiger partial charge in [-0.3, -0.25) is 14.5 Å². The van der Waals surface area contributed by atoms with Gasteiger partial charge >= 0.3 is 0 Å².